The monoisotopic (exact) mass is 254 g/mol. The van der Waals surface area contributed by atoms with Crippen LogP contribution >= 0.6 is 11.5 Å². The first-order chi connectivity index (χ1) is 8.13. The Morgan fingerprint density at radius 3 is 2.76 bits per heavy atom. The zero-order valence-electron chi connectivity index (χ0n) is 9.35. The summed E-state index contributed by atoms with van der Waals surface area (Å²) in [7, 11) is 1.46. The fourth-order valence-electron chi connectivity index (χ4n) is 1.49. The van der Waals surface area contributed by atoms with Crippen molar-refractivity contribution in [1.82, 2.24) is 9.59 Å². The van der Waals surface area contributed by atoms with E-state index in [9.17, 15) is 9.50 Å². The standard InChI is InChI=1S/C11H11FN2O2S/c1-6-11(17-14-13-6)10(15)8-4-3-7(16-2)5-9(8)12/h3-5,10,15H,1-2H3. The van der Waals surface area contributed by atoms with Gasteiger partial charge in [-0.2, -0.15) is 0 Å². The zero-order valence-corrected chi connectivity index (χ0v) is 10.2. The van der Waals surface area contributed by atoms with Gasteiger partial charge < -0.3 is 9.84 Å². The van der Waals surface area contributed by atoms with E-state index in [0.29, 0.717) is 16.3 Å². The highest BCUT2D eigenvalue weighted by Gasteiger charge is 2.20. The smallest absolute Gasteiger partial charge is 0.133 e. The maximum absolute atomic E-state index is 13.7. The Hall–Kier alpha value is -1.53. The minimum atomic E-state index is -1.04. The van der Waals surface area contributed by atoms with E-state index in [0.717, 1.165) is 11.5 Å². The molecule has 2 rings (SSSR count). The number of aliphatic hydroxyl groups excluding tert-OH is 1. The van der Waals surface area contributed by atoms with E-state index in [-0.39, 0.29) is 5.56 Å². The molecule has 17 heavy (non-hydrogen) atoms. The minimum Gasteiger partial charge on any atom is -0.497 e. The number of ether oxygens (including phenoxy) is 1. The van der Waals surface area contributed by atoms with Crippen LogP contribution in [0.25, 0.3) is 0 Å². The molecule has 1 N–H and O–H groups in total. The molecule has 0 saturated heterocycles. The fraction of sp³-hybridized carbons (Fsp3) is 0.273. The molecule has 1 aromatic carbocycles. The Balaban J connectivity index is 2.38. The van der Waals surface area contributed by atoms with Crippen molar-refractivity contribution >= 4 is 11.5 Å². The molecule has 0 saturated carbocycles. The number of aryl methyl sites for hydroxylation is 1. The maximum Gasteiger partial charge on any atom is 0.133 e. The van der Waals surface area contributed by atoms with Gasteiger partial charge in [-0.05, 0) is 30.6 Å². The van der Waals surface area contributed by atoms with Gasteiger partial charge in [-0.1, -0.05) is 4.49 Å². The van der Waals surface area contributed by atoms with Crippen molar-refractivity contribution in [3.05, 3.63) is 40.2 Å². The number of nitrogens with zero attached hydrogens (tertiary/aromatic N) is 2. The van der Waals surface area contributed by atoms with Gasteiger partial charge in [-0.15, -0.1) is 5.10 Å². The van der Waals surface area contributed by atoms with Crippen LogP contribution in [0.1, 0.15) is 22.2 Å². The van der Waals surface area contributed by atoms with Crippen molar-refractivity contribution < 1.29 is 14.2 Å². The SMILES string of the molecule is COc1ccc(C(O)c2snnc2C)c(F)c1. The quantitative estimate of drug-likeness (QED) is 0.911. The Kier molecular flexibility index (Phi) is 3.35. The van der Waals surface area contributed by atoms with E-state index in [1.54, 1.807) is 13.0 Å². The Bertz CT molecular complexity index is 530. The third kappa shape index (κ3) is 2.27. The molecule has 4 nitrogen and oxygen atoms in total. The molecular weight excluding hydrogens is 243 g/mol. The highest BCUT2D eigenvalue weighted by molar-refractivity contribution is 7.05. The number of hydrogen-bond donors (Lipinski definition) is 1. The van der Waals surface area contributed by atoms with Crippen LogP contribution in [0.15, 0.2) is 18.2 Å². The van der Waals surface area contributed by atoms with E-state index < -0.39 is 11.9 Å². The van der Waals surface area contributed by atoms with Crippen molar-refractivity contribution in [3.8, 4) is 5.75 Å². The normalized spacial score (nSPS) is 12.5. The van der Waals surface area contributed by atoms with E-state index >= 15 is 0 Å². The largest absolute Gasteiger partial charge is 0.497 e. The molecule has 6 heteroatoms. The van der Waals surface area contributed by atoms with Crippen LogP contribution in [0.2, 0.25) is 0 Å². The predicted octanol–water partition coefficient (Wildman–Crippen LogP) is 2.08. The van der Waals surface area contributed by atoms with Gasteiger partial charge in [0.25, 0.3) is 0 Å². The van der Waals surface area contributed by atoms with E-state index in [1.807, 2.05) is 0 Å². The minimum absolute atomic E-state index is 0.194. The molecule has 1 unspecified atom stereocenters. The lowest BCUT2D eigenvalue weighted by Crippen LogP contribution is -2.02. The van der Waals surface area contributed by atoms with Gasteiger partial charge in [-0.25, -0.2) is 4.39 Å². The molecule has 2 aromatic rings. The highest BCUT2D eigenvalue weighted by atomic mass is 32.1. The summed E-state index contributed by atoms with van der Waals surface area (Å²) in [5.74, 6) is -0.0951. The molecule has 0 bridgehead atoms. The predicted molar refractivity (Wildman–Crippen MR) is 61.7 cm³/mol. The lowest BCUT2D eigenvalue weighted by atomic mass is 10.1. The van der Waals surface area contributed by atoms with Crippen LogP contribution in [-0.4, -0.2) is 21.8 Å². The Labute approximate surface area is 102 Å². The summed E-state index contributed by atoms with van der Waals surface area (Å²) in [6.45, 7) is 1.73. The van der Waals surface area contributed by atoms with Crippen molar-refractivity contribution in [2.24, 2.45) is 0 Å². The Morgan fingerprint density at radius 2 is 2.24 bits per heavy atom. The average Bonchev–Trinajstić information content (AvgIpc) is 2.74. The number of methoxy groups -OCH3 is 1. The summed E-state index contributed by atoms with van der Waals surface area (Å²) in [5, 5.41) is 13.8. The first-order valence-corrected chi connectivity index (χ1v) is 5.71. The zero-order chi connectivity index (χ0) is 12.4. The topological polar surface area (TPSA) is 55.2 Å². The third-order valence-corrected chi connectivity index (χ3v) is 3.32. The van der Waals surface area contributed by atoms with Crippen molar-refractivity contribution in [3.63, 3.8) is 0 Å². The molecule has 0 fully saturated rings. The molecule has 90 valence electrons. The van der Waals surface area contributed by atoms with Crippen LogP contribution in [0.5, 0.6) is 5.75 Å². The number of aromatic nitrogens is 2. The molecule has 1 atom stereocenters. The van der Waals surface area contributed by atoms with Gasteiger partial charge >= 0.3 is 0 Å². The summed E-state index contributed by atoms with van der Waals surface area (Å²) in [4.78, 5) is 0.550. The molecule has 1 heterocycles. The second kappa shape index (κ2) is 4.77. The van der Waals surface area contributed by atoms with Crippen LogP contribution < -0.4 is 4.74 Å². The summed E-state index contributed by atoms with van der Waals surface area (Å²) in [6, 6.07) is 4.34. The van der Waals surface area contributed by atoms with E-state index in [4.69, 9.17) is 4.74 Å². The van der Waals surface area contributed by atoms with E-state index in [1.165, 1.54) is 19.2 Å². The summed E-state index contributed by atoms with van der Waals surface area (Å²) >= 11 is 1.06. The molecule has 0 amide bonds. The van der Waals surface area contributed by atoms with Gasteiger partial charge in [0, 0.05) is 11.6 Å². The van der Waals surface area contributed by atoms with Gasteiger partial charge in [0.15, 0.2) is 0 Å². The average molecular weight is 254 g/mol. The molecule has 0 aliphatic rings. The van der Waals surface area contributed by atoms with Crippen LogP contribution in [0.3, 0.4) is 0 Å². The lowest BCUT2D eigenvalue weighted by molar-refractivity contribution is 0.217. The molecule has 1 aromatic heterocycles. The van der Waals surface area contributed by atoms with Gasteiger partial charge in [0.05, 0.1) is 17.7 Å². The molecule has 0 radical (unpaired) electrons. The first-order valence-electron chi connectivity index (χ1n) is 4.94. The third-order valence-electron chi connectivity index (χ3n) is 2.44. The second-order valence-corrected chi connectivity index (χ2v) is 4.30. The van der Waals surface area contributed by atoms with Crippen LogP contribution in [0, 0.1) is 12.7 Å². The highest BCUT2D eigenvalue weighted by Crippen LogP contribution is 2.29. The Morgan fingerprint density at radius 1 is 1.47 bits per heavy atom. The first kappa shape index (κ1) is 11.9. The lowest BCUT2D eigenvalue weighted by Gasteiger charge is -2.11. The summed E-state index contributed by atoms with van der Waals surface area (Å²) < 4.78 is 22.4. The molecule has 0 spiro atoms. The number of hydrogen-bond acceptors (Lipinski definition) is 5. The van der Waals surface area contributed by atoms with Crippen molar-refractivity contribution in [2.75, 3.05) is 7.11 Å². The molecule has 0 aliphatic carbocycles. The molecule has 0 aliphatic heterocycles. The summed E-state index contributed by atoms with van der Waals surface area (Å²) in [6.07, 6.45) is -1.04. The van der Waals surface area contributed by atoms with E-state index in [2.05, 4.69) is 9.59 Å². The van der Waals surface area contributed by atoms with Crippen molar-refractivity contribution in [1.29, 1.82) is 0 Å². The van der Waals surface area contributed by atoms with Gasteiger partial charge in [0.2, 0.25) is 0 Å². The number of rotatable bonds is 3. The maximum atomic E-state index is 13.7. The van der Waals surface area contributed by atoms with Gasteiger partial charge in [-0.3, -0.25) is 0 Å². The number of halogens is 1. The van der Waals surface area contributed by atoms with Crippen molar-refractivity contribution in [2.45, 2.75) is 13.0 Å². The fourth-order valence-corrected chi connectivity index (χ4v) is 2.14. The number of aliphatic hydroxyl groups is 1. The van der Waals surface area contributed by atoms with Crippen LogP contribution in [-0.2, 0) is 0 Å². The van der Waals surface area contributed by atoms with Gasteiger partial charge in [0.1, 0.15) is 17.7 Å². The molecular formula is C11H11FN2O2S. The second-order valence-electron chi connectivity index (χ2n) is 3.51. The summed E-state index contributed by atoms with van der Waals surface area (Å²) in [5.41, 5.74) is 0.803. The van der Waals surface area contributed by atoms with Crippen LogP contribution in [0.4, 0.5) is 4.39 Å². The number of benzene rings is 1.